The third-order valence-electron chi connectivity index (χ3n) is 5.46. The molecule has 31 heavy (non-hydrogen) atoms. The molecule has 0 bridgehead atoms. The number of halogens is 1. The second-order valence-corrected chi connectivity index (χ2v) is 10.4. The van der Waals surface area contributed by atoms with Gasteiger partial charge in [-0.2, -0.15) is 0 Å². The highest BCUT2D eigenvalue weighted by molar-refractivity contribution is 7.92. The topological polar surface area (TPSA) is 69.7 Å². The Morgan fingerprint density at radius 2 is 1.77 bits per heavy atom. The number of rotatable bonds is 8. The highest BCUT2D eigenvalue weighted by Gasteiger charge is 2.29. The third-order valence-corrected chi connectivity index (χ3v) is 6.94. The number of amides is 1. The van der Waals surface area contributed by atoms with E-state index >= 15 is 0 Å². The first kappa shape index (κ1) is 23.6. The van der Waals surface area contributed by atoms with E-state index in [1.807, 2.05) is 12.1 Å². The van der Waals surface area contributed by atoms with E-state index in [4.69, 9.17) is 11.6 Å². The van der Waals surface area contributed by atoms with Gasteiger partial charge in [-0.25, -0.2) is 8.42 Å². The summed E-state index contributed by atoms with van der Waals surface area (Å²) in [5.74, 6) is -0.369. The highest BCUT2D eigenvalue weighted by atomic mass is 35.5. The summed E-state index contributed by atoms with van der Waals surface area (Å²) in [6.07, 6.45) is 4.89. The van der Waals surface area contributed by atoms with Crippen molar-refractivity contribution in [3.63, 3.8) is 0 Å². The summed E-state index contributed by atoms with van der Waals surface area (Å²) in [4.78, 5) is 15.3. The van der Waals surface area contributed by atoms with E-state index in [0.29, 0.717) is 17.3 Å². The summed E-state index contributed by atoms with van der Waals surface area (Å²) >= 11 is 6.02. The fourth-order valence-corrected chi connectivity index (χ4v) is 5.32. The first-order valence-corrected chi connectivity index (χ1v) is 12.8. The minimum Gasteiger partial charge on any atom is -0.350 e. The lowest BCUT2D eigenvalue weighted by Gasteiger charge is -2.28. The van der Waals surface area contributed by atoms with Crippen molar-refractivity contribution in [3.05, 3.63) is 64.7 Å². The van der Waals surface area contributed by atoms with Crippen molar-refractivity contribution in [2.45, 2.75) is 45.3 Å². The maximum Gasteiger partial charge on any atom is 0.243 e. The van der Waals surface area contributed by atoms with E-state index < -0.39 is 16.1 Å². The minimum absolute atomic E-state index is 0.337. The second-order valence-electron chi connectivity index (χ2n) is 8.09. The molecule has 1 fully saturated rings. The maximum atomic E-state index is 12.8. The van der Waals surface area contributed by atoms with E-state index in [-0.39, 0.29) is 5.91 Å². The number of likely N-dealkylation sites (tertiary alicyclic amines) is 1. The van der Waals surface area contributed by atoms with Gasteiger partial charge in [0.15, 0.2) is 0 Å². The number of hydrogen-bond donors (Lipinski definition) is 1. The number of carbonyl (C=O) groups excluding carboxylic acids is 1. The van der Waals surface area contributed by atoms with Crippen LogP contribution >= 0.6 is 11.6 Å². The molecule has 0 radical (unpaired) electrons. The van der Waals surface area contributed by atoms with Crippen molar-refractivity contribution in [1.82, 2.24) is 10.2 Å². The zero-order valence-corrected chi connectivity index (χ0v) is 19.6. The first-order valence-electron chi connectivity index (χ1n) is 10.6. The molecule has 0 spiro atoms. The zero-order chi connectivity index (χ0) is 22.4. The van der Waals surface area contributed by atoms with Crippen LogP contribution in [0.1, 0.15) is 37.3 Å². The molecule has 1 aliphatic heterocycles. The Hall–Kier alpha value is -2.09. The summed E-state index contributed by atoms with van der Waals surface area (Å²) in [5.41, 5.74) is 2.57. The van der Waals surface area contributed by atoms with E-state index in [2.05, 4.69) is 22.3 Å². The third kappa shape index (κ3) is 6.69. The lowest BCUT2D eigenvalue weighted by atomic mass is 10.1. The van der Waals surface area contributed by atoms with Gasteiger partial charge in [0.2, 0.25) is 15.9 Å². The van der Waals surface area contributed by atoms with Crippen molar-refractivity contribution in [2.24, 2.45) is 0 Å². The van der Waals surface area contributed by atoms with Crippen LogP contribution < -0.4 is 9.62 Å². The molecule has 1 N–H and O–H groups in total. The van der Waals surface area contributed by atoms with E-state index in [9.17, 15) is 13.2 Å². The van der Waals surface area contributed by atoms with Crippen LogP contribution in [-0.2, 0) is 27.9 Å². The molecule has 1 saturated heterocycles. The van der Waals surface area contributed by atoms with Crippen molar-refractivity contribution in [1.29, 1.82) is 0 Å². The summed E-state index contributed by atoms with van der Waals surface area (Å²) in [6, 6.07) is 13.7. The molecule has 0 aliphatic carbocycles. The predicted molar refractivity (Wildman–Crippen MR) is 126 cm³/mol. The van der Waals surface area contributed by atoms with Gasteiger partial charge in [0.1, 0.15) is 6.04 Å². The van der Waals surface area contributed by atoms with Gasteiger partial charge < -0.3 is 5.32 Å². The molecule has 1 atom stereocenters. The minimum atomic E-state index is -3.68. The summed E-state index contributed by atoms with van der Waals surface area (Å²) < 4.78 is 25.9. The summed E-state index contributed by atoms with van der Waals surface area (Å²) in [6.45, 7) is 5.08. The molecular weight excluding hydrogens is 434 g/mol. The molecule has 0 unspecified atom stereocenters. The number of carbonyl (C=O) groups is 1. The van der Waals surface area contributed by atoms with Gasteiger partial charge in [0.05, 0.1) is 11.9 Å². The maximum absolute atomic E-state index is 12.8. The number of piperidine rings is 1. The van der Waals surface area contributed by atoms with Crippen molar-refractivity contribution in [2.75, 3.05) is 23.7 Å². The second kappa shape index (κ2) is 10.5. The number of sulfonamides is 1. The Balaban J connectivity index is 1.65. The Labute approximate surface area is 190 Å². The van der Waals surface area contributed by atoms with Gasteiger partial charge >= 0.3 is 0 Å². The molecule has 8 heteroatoms. The number of anilines is 1. The zero-order valence-electron chi connectivity index (χ0n) is 18.1. The molecule has 1 amide bonds. The first-order chi connectivity index (χ1) is 14.7. The van der Waals surface area contributed by atoms with Crippen LogP contribution in [0.5, 0.6) is 0 Å². The standard InChI is InChI=1S/C23H30ClN3O3S/c1-18(27(31(2,29)30)22-11-7-10-21(24)15-22)23(28)25-16-19-8-6-9-20(14-19)17-26-12-4-3-5-13-26/h6-11,14-15,18H,3-5,12-13,16-17H2,1-2H3,(H,25,28)/t18-/m0/s1. The van der Waals surface area contributed by atoms with Crippen LogP contribution in [0.2, 0.25) is 5.02 Å². The van der Waals surface area contributed by atoms with Crippen LogP contribution in [0.4, 0.5) is 5.69 Å². The quantitative estimate of drug-likeness (QED) is 0.646. The van der Waals surface area contributed by atoms with Gasteiger partial charge in [-0.3, -0.25) is 14.0 Å². The van der Waals surface area contributed by atoms with Gasteiger partial charge in [-0.1, -0.05) is 48.4 Å². The normalized spacial score (nSPS) is 16.0. The van der Waals surface area contributed by atoms with Crippen LogP contribution in [0.3, 0.4) is 0 Å². The van der Waals surface area contributed by atoms with Gasteiger partial charge in [-0.05, 0) is 62.2 Å². The van der Waals surface area contributed by atoms with Crippen LogP contribution in [-0.4, -0.2) is 44.6 Å². The Kier molecular flexibility index (Phi) is 7.97. The number of nitrogens with one attached hydrogen (secondary N) is 1. The van der Waals surface area contributed by atoms with Crippen LogP contribution in [0, 0.1) is 0 Å². The Morgan fingerprint density at radius 3 is 2.45 bits per heavy atom. The summed E-state index contributed by atoms with van der Waals surface area (Å²) in [5, 5.41) is 3.28. The van der Waals surface area contributed by atoms with Crippen LogP contribution in [0.25, 0.3) is 0 Å². The van der Waals surface area contributed by atoms with Gasteiger partial charge in [-0.15, -0.1) is 0 Å². The SMILES string of the molecule is C[C@@H](C(=O)NCc1cccc(CN2CCCCC2)c1)N(c1cccc(Cl)c1)S(C)(=O)=O. The average molecular weight is 464 g/mol. The van der Waals surface area contributed by atoms with Crippen molar-refractivity contribution >= 4 is 33.2 Å². The molecule has 2 aromatic carbocycles. The van der Waals surface area contributed by atoms with Crippen molar-refractivity contribution in [3.8, 4) is 0 Å². The largest absolute Gasteiger partial charge is 0.350 e. The molecule has 1 heterocycles. The van der Waals surface area contributed by atoms with Crippen molar-refractivity contribution < 1.29 is 13.2 Å². The molecule has 1 aliphatic rings. The van der Waals surface area contributed by atoms with Gasteiger partial charge in [0.25, 0.3) is 0 Å². The molecule has 168 valence electrons. The highest BCUT2D eigenvalue weighted by Crippen LogP contribution is 2.24. The van der Waals surface area contributed by atoms with E-state index in [1.165, 1.54) is 30.9 Å². The fraction of sp³-hybridized carbons (Fsp3) is 0.435. The summed E-state index contributed by atoms with van der Waals surface area (Å²) in [7, 11) is -3.68. The molecule has 0 saturated carbocycles. The molecule has 0 aromatic heterocycles. The number of hydrogen-bond acceptors (Lipinski definition) is 4. The Bertz CT molecular complexity index is 1010. The molecular formula is C23H30ClN3O3S. The number of nitrogens with zero attached hydrogens (tertiary/aromatic N) is 2. The van der Waals surface area contributed by atoms with Crippen LogP contribution in [0.15, 0.2) is 48.5 Å². The lowest BCUT2D eigenvalue weighted by Crippen LogP contribution is -2.47. The lowest BCUT2D eigenvalue weighted by molar-refractivity contribution is -0.122. The fourth-order valence-electron chi connectivity index (χ4n) is 3.97. The Morgan fingerprint density at radius 1 is 1.10 bits per heavy atom. The predicted octanol–water partition coefficient (Wildman–Crippen LogP) is 3.80. The molecule has 3 rings (SSSR count). The smallest absolute Gasteiger partial charge is 0.243 e. The number of benzene rings is 2. The van der Waals surface area contributed by atoms with E-state index in [1.54, 1.807) is 25.1 Å². The molecule has 2 aromatic rings. The monoisotopic (exact) mass is 463 g/mol. The van der Waals surface area contributed by atoms with E-state index in [0.717, 1.165) is 35.8 Å². The van der Waals surface area contributed by atoms with Gasteiger partial charge in [0, 0.05) is 18.1 Å². The average Bonchev–Trinajstić information content (AvgIpc) is 2.72. The molecule has 6 nitrogen and oxygen atoms in total.